The molecule has 1 unspecified atom stereocenters. The van der Waals surface area contributed by atoms with E-state index in [0.29, 0.717) is 0 Å². The minimum absolute atomic E-state index is 0.0169. The van der Waals surface area contributed by atoms with Crippen LogP contribution in [0.3, 0.4) is 0 Å². The maximum absolute atomic E-state index is 4.68. The SMILES string of the molecule is CC(C)(c1ccccn1)[SiH](c1ccccc1)c1ccccn1. The molecule has 0 aliphatic carbocycles. The predicted molar refractivity (Wildman–Crippen MR) is 94.4 cm³/mol. The van der Waals surface area contributed by atoms with Gasteiger partial charge in [-0.05, 0) is 24.3 Å². The Hall–Kier alpha value is -2.26. The van der Waals surface area contributed by atoms with Gasteiger partial charge >= 0.3 is 0 Å². The Morgan fingerprint density at radius 3 is 1.95 bits per heavy atom. The fourth-order valence-electron chi connectivity index (χ4n) is 3.04. The van der Waals surface area contributed by atoms with Crippen molar-refractivity contribution in [1.82, 2.24) is 9.97 Å². The van der Waals surface area contributed by atoms with Crippen LogP contribution in [0.2, 0.25) is 0 Å². The van der Waals surface area contributed by atoms with E-state index in [9.17, 15) is 0 Å². The number of rotatable bonds is 4. The monoisotopic (exact) mass is 304 g/mol. The van der Waals surface area contributed by atoms with Crippen LogP contribution in [0.25, 0.3) is 0 Å². The predicted octanol–water partition coefficient (Wildman–Crippen LogP) is 2.33. The van der Waals surface area contributed by atoms with Crippen LogP contribution < -0.4 is 10.5 Å². The minimum atomic E-state index is -1.56. The van der Waals surface area contributed by atoms with E-state index in [2.05, 4.69) is 78.4 Å². The second kappa shape index (κ2) is 6.24. The molecule has 1 atom stereocenters. The average Bonchev–Trinajstić information content (AvgIpc) is 2.58. The third kappa shape index (κ3) is 2.85. The first-order valence-electron chi connectivity index (χ1n) is 7.57. The fourth-order valence-corrected chi connectivity index (χ4v) is 6.57. The maximum Gasteiger partial charge on any atom is 0.137 e. The molecule has 2 heterocycles. The van der Waals surface area contributed by atoms with E-state index in [1.165, 1.54) is 10.5 Å². The highest BCUT2D eigenvalue weighted by Gasteiger charge is 2.37. The van der Waals surface area contributed by atoms with Gasteiger partial charge in [-0.3, -0.25) is 9.97 Å². The molecule has 3 aromatic rings. The molecule has 0 bridgehead atoms. The third-order valence-corrected chi connectivity index (χ3v) is 7.89. The summed E-state index contributed by atoms with van der Waals surface area (Å²) < 4.78 is 0. The van der Waals surface area contributed by atoms with Crippen molar-refractivity contribution in [2.45, 2.75) is 18.9 Å². The Bertz CT molecular complexity index is 673. The zero-order chi connectivity index (χ0) is 15.4. The average molecular weight is 304 g/mol. The lowest BCUT2D eigenvalue weighted by atomic mass is 10.1. The summed E-state index contributed by atoms with van der Waals surface area (Å²) in [5, 5.41) is 2.60. The topological polar surface area (TPSA) is 25.8 Å². The van der Waals surface area contributed by atoms with Gasteiger partial charge in [0.25, 0.3) is 0 Å². The molecule has 0 saturated heterocycles. The quantitative estimate of drug-likeness (QED) is 0.691. The number of hydrogen-bond acceptors (Lipinski definition) is 2. The summed E-state index contributed by atoms with van der Waals surface area (Å²) in [6.07, 6.45) is 3.78. The van der Waals surface area contributed by atoms with Crippen molar-refractivity contribution >= 4 is 19.3 Å². The van der Waals surface area contributed by atoms with Crippen molar-refractivity contribution < 1.29 is 0 Å². The van der Waals surface area contributed by atoms with Gasteiger partial charge in [0, 0.05) is 28.4 Å². The molecule has 22 heavy (non-hydrogen) atoms. The molecule has 0 spiro atoms. The van der Waals surface area contributed by atoms with Gasteiger partial charge in [-0.25, -0.2) is 0 Å². The summed E-state index contributed by atoms with van der Waals surface area (Å²) in [5.41, 5.74) is 1.14. The minimum Gasteiger partial charge on any atom is -0.266 e. The van der Waals surface area contributed by atoms with E-state index >= 15 is 0 Å². The van der Waals surface area contributed by atoms with Crippen LogP contribution in [-0.4, -0.2) is 18.8 Å². The molecule has 0 amide bonds. The van der Waals surface area contributed by atoms with E-state index < -0.39 is 8.80 Å². The highest BCUT2D eigenvalue weighted by molar-refractivity contribution is 6.86. The first-order chi connectivity index (χ1) is 10.7. The first-order valence-corrected chi connectivity index (χ1v) is 9.30. The van der Waals surface area contributed by atoms with Crippen molar-refractivity contribution in [1.29, 1.82) is 0 Å². The Balaban J connectivity index is 2.14. The Morgan fingerprint density at radius 1 is 0.727 bits per heavy atom. The number of benzene rings is 1. The van der Waals surface area contributed by atoms with Crippen LogP contribution in [0.1, 0.15) is 19.5 Å². The van der Waals surface area contributed by atoms with Gasteiger partial charge < -0.3 is 0 Å². The molecule has 3 rings (SSSR count). The summed E-state index contributed by atoms with van der Waals surface area (Å²) in [7, 11) is -1.56. The highest BCUT2D eigenvalue weighted by Crippen LogP contribution is 2.24. The molecule has 0 aliphatic heterocycles. The first kappa shape index (κ1) is 14.7. The van der Waals surface area contributed by atoms with Crippen LogP contribution in [0.4, 0.5) is 0 Å². The fraction of sp³-hybridized carbons (Fsp3) is 0.158. The number of aromatic nitrogens is 2. The van der Waals surface area contributed by atoms with Crippen LogP contribution in [-0.2, 0) is 5.04 Å². The molecule has 2 nitrogen and oxygen atoms in total. The molecule has 0 aliphatic rings. The Labute approximate surface area is 133 Å². The summed E-state index contributed by atoms with van der Waals surface area (Å²) in [5.74, 6) is 0. The molecule has 0 N–H and O–H groups in total. The zero-order valence-electron chi connectivity index (χ0n) is 13.0. The number of hydrogen-bond donors (Lipinski definition) is 0. The van der Waals surface area contributed by atoms with Crippen LogP contribution in [0.15, 0.2) is 79.1 Å². The van der Waals surface area contributed by atoms with Gasteiger partial charge in [0.15, 0.2) is 0 Å². The van der Waals surface area contributed by atoms with Crippen molar-refractivity contribution in [3.8, 4) is 0 Å². The van der Waals surface area contributed by atoms with Crippen molar-refractivity contribution in [2.24, 2.45) is 0 Å². The van der Waals surface area contributed by atoms with Gasteiger partial charge in [0.1, 0.15) is 8.80 Å². The molecule has 0 fully saturated rings. The number of nitrogens with zero attached hydrogens (tertiary/aromatic N) is 2. The van der Waals surface area contributed by atoms with Gasteiger partial charge in [0.05, 0.1) is 0 Å². The summed E-state index contributed by atoms with van der Waals surface area (Å²) >= 11 is 0. The van der Waals surface area contributed by atoms with Gasteiger partial charge in [-0.15, -0.1) is 0 Å². The second-order valence-electron chi connectivity index (χ2n) is 6.03. The Morgan fingerprint density at radius 2 is 1.36 bits per heavy atom. The molecular weight excluding hydrogens is 284 g/mol. The van der Waals surface area contributed by atoms with Gasteiger partial charge in [-0.1, -0.05) is 61.5 Å². The van der Waals surface area contributed by atoms with Crippen LogP contribution in [0.5, 0.6) is 0 Å². The smallest absolute Gasteiger partial charge is 0.137 e. The summed E-state index contributed by atoms with van der Waals surface area (Å²) in [6.45, 7) is 4.60. The molecule has 110 valence electrons. The van der Waals surface area contributed by atoms with E-state index in [1.54, 1.807) is 0 Å². The Kier molecular flexibility index (Phi) is 4.16. The summed E-state index contributed by atoms with van der Waals surface area (Å²) in [6, 6.07) is 23.2. The standard InChI is InChI=1S/C19H20N2Si/c1-19(2,17-12-6-8-14-20-17)22(16-10-4-3-5-11-16)18-13-7-9-15-21-18/h3-15,22H,1-2H3. The zero-order valence-corrected chi connectivity index (χ0v) is 14.1. The molecule has 0 radical (unpaired) electrons. The largest absolute Gasteiger partial charge is 0.266 e. The normalized spacial score (nSPS) is 12.8. The molecule has 0 saturated carbocycles. The van der Waals surface area contributed by atoms with E-state index in [0.717, 1.165) is 5.69 Å². The lowest BCUT2D eigenvalue weighted by molar-refractivity contribution is 0.713. The van der Waals surface area contributed by atoms with Crippen molar-refractivity contribution in [3.63, 3.8) is 0 Å². The second-order valence-corrected chi connectivity index (χ2v) is 9.60. The van der Waals surface area contributed by atoms with E-state index in [4.69, 9.17) is 0 Å². The van der Waals surface area contributed by atoms with Crippen LogP contribution in [0, 0.1) is 0 Å². The number of pyridine rings is 2. The molecule has 1 aromatic carbocycles. The van der Waals surface area contributed by atoms with Gasteiger partial charge in [0.2, 0.25) is 0 Å². The maximum atomic E-state index is 4.68. The summed E-state index contributed by atoms with van der Waals surface area (Å²) in [4.78, 5) is 9.31. The van der Waals surface area contributed by atoms with E-state index in [-0.39, 0.29) is 5.04 Å². The third-order valence-electron chi connectivity index (χ3n) is 4.16. The van der Waals surface area contributed by atoms with Crippen LogP contribution >= 0.6 is 0 Å². The van der Waals surface area contributed by atoms with Gasteiger partial charge in [-0.2, -0.15) is 0 Å². The lowest BCUT2D eigenvalue weighted by Gasteiger charge is -2.32. The molecule has 3 heteroatoms. The highest BCUT2D eigenvalue weighted by atomic mass is 28.3. The van der Waals surface area contributed by atoms with Crippen molar-refractivity contribution in [3.05, 3.63) is 84.8 Å². The molecule has 2 aromatic heterocycles. The lowest BCUT2D eigenvalue weighted by Crippen LogP contribution is -2.57. The van der Waals surface area contributed by atoms with E-state index in [1.807, 2.05) is 24.5 Å². The van der Waals surface area contributed by atoms with Crippen molar-refractivity contribution in [2.75, 3.05) is 0 Å². The molecular formula is C19H20N2Si.